The number of rotatable bonds is 3. The molecule has 0 radical (unpaired) electrons. The second kappa shape index (κ2) is 6.62. The first-order chi connectivity index (χ1) is 13.0. The van der Waals surface area contributed by atoms with Gasteiger partial charge in [-0.15, -0.1) is 0 Å². The Kier molecular flexibility index (Phi) is 4.27. The van der Waals surface area contributed by atoms with Gasteiger partial charge in [0.25, 0.3) is 0 Å². The molecular formula is C19H14BrNO6. The van der Waals surface area contributed by atoms with Gasteiger partial charge >= 0.3 is 11.6 Å². The molecule has 8 heteroatoms. The monoisotopic (exact) mass is 431 g/mol. The van der Waals surface area contributed by atoms with E-state index in [0.29, 0.717) is 21.4 Å². The minimum absolute atomic E-state index is 0.00576. The molecule has 0 saturated heterocycles. The summed E-state index contributed by atoms with van der Waals surface area (Å²) in [6, 6.07) is 10.2. The maximum absolute atomic E-state index is 12.8. The largest absolute Gasteiger partial charge is 0.462 e. The SMILES string of the molecule is CCOC(=O)C1=C(N)Oc2c(c(=O)oc3ccccc23)C1c1ccc(Br)o1. The van der Waals surface area contributed by atoms with Crippen molar-refractivity contribution in [1.29, 1.82) is 0 Å². The van der Waals surface area contributed by atoms with Crippen LogP contribution in [0.25, 0.3) is 11.0 Å². The number of esters is 1. The summed E-state index contributed by atoms with van der Waals surface area (Å²) in [5.74, 6) is -1.18. The number of carbonyl (C=O) groups excluding carboxylic acids is 1. The van der Waals surface area contributed by atoms with E-state index in [4.69, 9.17) is 24.0 Å². The van der Waals surface area contributed by atoms with Crippen LogP contribution in [-0.4, -0.2) is 12.6 Å². The van der Waals surface area contributed by atoms with Gasteiger partial charge in [-0.05, 0) is 47.1 Å². The van der Waals surface area contributed by atoms with E-state index >= 15 is 0 Å². The van der Waals surface area contributed by atoms with Gasteiger partial charge < -0.3 is 24.0 Å². The molecule has 1 atom stereocenters. The first-order valence-electron chi connectivity index (χ1n) is 8.16. The Bertz CT molecular complexity index is 1140. The Hall–Kier alpha value is -3.00. The van der Waals surface area contributed by atoms with E-state index in [2.05, 4.69) is 15.9 Å². The van der Waals surface area contributed by atoms with Crippen molar-refractivity contribution in [3.05, 3.63) is 74.3 Å². The normalized spacial score (nSPS) is 16.1. The number of ether oxygens (including phenoxy) is 2. The minimum atomic E-state index is -0.917. The molecule has 0 saturated carbocycles. The fourth-order valence-electron chi connectivity index (χ4n) is 3.14. The van der Waals surface area contributed by atoms with Crippen LogP contribution in [0.3, 0.4) is 0 Å². The van der Waals surface area contributed by atoms with Gasteiger partial charge in [0.05, 0.1) is 23.5 Å². The van der Waals surface area contributed by atoms with E-state index in [0.717, 1.165) is 0 Å². The zero-order valence-corrected chi connectivity index (χ0v) is 15.7. The molecule has 1 aliphatic heterocycles. The molecule has 138 valence electrons. The third-order valence-corrected chi connectivity index (χ3v) is 4.65. The van der Waals surface area contributed by atoms with Gasteiger partial charge in [-0.3, -0.25) is 0 Å². The summed E-state index contributed by atoms with van der Waals surface area (Å²) < 4.78 is 22.3. The quantitative estimate of drug-likeness (QED) is 0.500. The molecule has 1 aliphatic rings. The van der Waals surface area contributed by atoms with Gasteiger partial charge in [0.1, 0.15) is 16.9 Å². The Morgan fingerprint density at radius 3 is 2.70 bits per heavy atom. The number of fused-ring (bicyclic) bond motifs is 3. The fourth-order valence-corrected chi connectivity index (χ4v) is 3.46. The highest BCUT2D eigenvalue weighted by Gasteiger charge is 2.41. The molecule has 27 heavy (non-hydrogen) atoms. The highest BCUT2D eigenvalue weighted by Crippen LogP contribution is 2.44. The summed E-state index contributed by atoms with van der Waals surface area (Å²) in [5.41, 5.74) is 5.91. The predicted molar refractivity (Wildman–Crippen MR) is 99.2 cm³/mol. The van der Waals surface area contributed by atoms with Gasteiger partial charge in [-0.2, -0.15) is 0 Å². The van der Waals surface area contributed by atoms with Crippen molar-refractivity contribution < 1.29 is 23.1 Å². The smallest absolute Gasteiger partial charge is 0.344 e. The summed E-state index contributed by atoms with van der Waals surface area (Å²) in [7, 11) is 0. The second-order valence-corrected chi connectivity index (χ2v) is 6.59. The lowest BCUT2D eigenvalue weighted by Gasteiger charge is -2.26. The molecule has 3 heterocycles. The maximum atomic E-state index is 12.8. The van der Waals surface area contributed by atoms with E-state index in [-0.39, 0.29) is 29.4 Å². The number of halogens is 1. The van der Waals surface area contributed by atoms with Crippen molar-refractivity contribution in [2.45, 2.75) is 12.8 Å². The standard InChI is InChI=1S/C19H14BrNO6/c1-2-24-18(22)15-13(11-7-8-12(20)25-11)14-16(27-17(15)21)9-5-3-4-6-10(9)26-19(14)23/h3-8,13H,2,21H2,1H3. The van der Waals surface area contributed by atoms with Crippen molar-refractivity contribution in [3.63, 3.8) is 0 Å². The molecular weight excluding hydrogens is 418 g/mol. The van der Waals surface area contributed by atoms with Crippen LogP contribution in [0, 0.1) is 0 Å². The van der Waals surface area contributed by atoms with Crippen molar-refractivity contribution >= 4 is 32.9 Å². The number of benzene rings is 1. The molecule has 1 unspecified atom stereocenters. The van der Waals surface area contributed by atoms with Crippen LogP contribution in [0.4, 0.5) is 0 Å². The van der Waals surface area contributed by atoms with Crippen LogP contribution < -0.4 is 16.1 Å². The minimum Gasteiger partial charge on any atom is -0.462 e. The van der Waals surface area contributed by atoms with Crippen LogP contribution in [0.1, 0.15) is 24.2 Å². The Morgan fingerprint density at radius 1 is 1.22 bits per heavy atom. The van der Waals surface area contributed by atoms with E-state index in [9.17, 15) is 9.59 Å². The molecule has 7 nitrogen and oxygen atoms in total. The van der Waals surface area contributed by atoms with Crippen molar-refractivity contribution in [1.82, 2.24) is 0 Å². The average molecular weight is 432 g/mol. The Labute approximate surface area is 161 Å². The molecule has 0 bridgehead atoms. The third-order valence-electron chi connectivity index (χ3n) is 4.23. The first kappa shape index (κ1) is 17.4. The summed E-state index contributed by atoms with van der Waals surface area (Å²) in [6.07, 6.45) is 0. The van der Waals surface area contributed by atoms with E-state index in [1.807, 2.05) is 0 Å². The van der Waals surface area contributed by atoms with Gasteiger partial charge in [0, 0.05) is 0 Å². The van der Waals surface area contributed by atoms with Gasteiger partial charge in [-0.1, -0.05) is 12.1 Å². The van der Waals surface area contributed by atoms with Gasteiger partial charge in [0.15, 0.2) is 10.4 Å². The number of hydrogen-bond acceptors (Lipinski definition) is 7. The molecule has 2 N–H and O–H groups in total. The van der Waals surface area contributed by atoms with Gasteiger partial charge in [-0.25, -0.2) is 9.59 Å². The summed E-state index contributed by atoms with van der Waals surface area (Å²) in [6.45, 7) is 1.82. The lowest BCUT2D eigenvalue weighted by atomic mass is 9.87. The Balaban J connectivity index is 2.04. The highest BCUT2D eigenvalue weighted by molar-refractivity contribution is 9.10. The van der Waals surface area contributed by atoms with Crippen molar-refractivity contribution in [3.8, 4) is 5.75 Å². The second-order valence-electron chi connectivity index (χ2n) is 5.80. The first-order valence-corrected chi connectivity index (χ1v) is 8.96. The molecule has 0 aliphatic carbocycles. The number of hydrogen-bond donors (Lipinski definition) is 1. The maximum Gasteiger partial charge on any atom is 0.344 e. The number of nitrogens with two attached hydrogens (primary N) is 1. The van der Waals surface area contributed by atoms with E-state index in [1.54, 1.807) is 43.3 Å². The average Bonchev–Trinajstić information content (AvgIpc) is 3.07. The van der Waals surface area contributed by atoms with Crippen LogP contribution >= 0.6 is 15.9 Å². The lowest BCUT2D eigenvalue weighted by Crippen LogP contribution is -2.30. The van der Waals surface area contributed by atoms with Crippen molar-refractivity contribution in [2.75, 3.05) is 6.61 Å². The molecule has 0 amide bonds. The predicted octanol–water partition coefficient (Wildman–Crippen LogP) is 3.41. The van der Waals surface area contributed by atoms with Crippen LogP contribution in [0.2, 0.25) is 0 Å². The molecule has 2 aromatic heterocycles. The third kappa shape index (κ3) is 2.82. The Morgan fingerprint density at radius 2 is 2.00 bits per heavy atom. The zero-order chi connectivity index (χ0) is 19.1. The lowest BCUT2D eigenvalue weighted by molar-refractivity contribution is -0.139. The highest BCUT2D eigenvalue weighted by atomic mass is 79.9. The van der Waals surface area contributed by atoms with Crippen LogP contribution in [0.5, 0.6) is 5.75 Å². The van der Waals surface area contributed by atoms with E-state index < -0.39 is 17.5 Å². The molecule has 3 aromatic rings. The molecule has 1 aromatic carbocycles. The van der Waals surface area contributed by atoms with Crippen LogP contribution in [-0.2, 0) is 9.53 Å². The number of carbonyl (C=O) groups is 1. The van der Waals surface area contributed by atoms with Crippen molar-refractivity contribution in [2.24, 2.45) is 5.73 Å². The summed E-state index contributed by atoms with van der Waals surface area (Å²) >= 11 is 3.24. The zero-order valence-electron chi connectivity index (χ0n) is 14.2. The van der Waals surface area contributed by atoms with E-state index in [1.165, 1.54) is 0 Å². The fraction of sp³-hybridized carbons (Fsp3) is 0.158. The number of furan rings is 1. The van der Waals surface area contributed by atoms with Gasteiger partial charge in [0.2, 0.25) is 5.88 Å². The number of para-hydroxylation sites is 1. The topological polar surface area (TPSA) is 105 Å². The molecule has 0 fully saturated rings. The summed E-state index contributed by atoms with van der Waals surface area (Å²) in [5, 5.41) is 0.564. The molecule has 4 rings (SSSR count). The summed E-state index contributed by atoms with van der Waals surface area (Å²) in [4.78, 5) is 25.3. The van der Waals surface area contributed by atoms with Crippen LogP contribution in [0.15, 0.2) is 66.2 Å². The molecule has 0 spiro atoms.